The number of hydrazine groups is 1. The van der Waals surface area contributed by atoms with Crippen LogP contribution in [0.15, 0.2) is 24.3 Å². The third-order valence-corrected chi connectivity index (χ3v) is 4.91. The van der Waals surface area contributed by atoms with Crippen LogP contribution in [0.5, 0.6) is 0 Å². The van der Waals surface area contributed by atoms with Gasteiger partial charge in [-0.25, -0.2) is 0 Å². The minimum Gasteiger partial charge on any atom is -0.297 e. The fourth-order valence-electron chi connectivity index (χ4n) is 3.26. The lowest BCUT2D eigenvalue weighted by molar-refractivity contribution is 0.0610. The fraction of sp³-hybridized carbons (Fsp3) is 0.647. The molecular weight excluding hydrogens is 246 g/mol. The summed E-state index contributed by atoms with van der Waals surface area (Å²) >= 11 is 0. The molecule has 3 N–H and O–H groups in total. The van der Waals surface area contributed by atoms with E-state index < -0.39 is 0 Å². The second kappa shape index (κ2) is 6.70. The van der Waals surface area contributed by atoms with Gasteiger partial charge in [-0.1, -0.05) is 30.7 Å². The van der Waals surface area contributed by atoms with E-state index in [9.17, 15) is 0 Å². The first kappa shape index (κ1) is 15.5. The Kier molecular flexibility index (Phi) is 5.19. The number of aryl methyl sites for hydroxylation is 1. The van der Waals surface area contributed by atoms with E-state index in [1.54, 1.807) is 0 Å². The van der Waals surface area contributed by atoms with Crippen LogP contribution < -0.4 is 11.3 Å². The Bertz CT molecular complexity index is 422. The van der Waals surface area contributed by atoms with Crippen LogP contribution in [-0.4, -0.2) is 29.6 Å². The molecule has 0 saturated carbocycles. The molecule has 1 unspecified atom stereocenters. The van der Waals surface area contributed by atoms with Gasteiger partial charge in [0.1, 0.15) is 0 Å². The molecular formula is C17H29N3. The summed E-state index contributed by atoms with van der Waals surface area (Å²) in [5.41, 5.74) is 5.89. The smallest absolute Gasteiger partial charge is 0.0429 e. The van der Waals surface area contributed by atoms with E-state index in [-0.39, 0.29) is 11.6 Å². The topological polar surface area (TPSA) is 41.3 Å². The fourth-order valence-corrected chi connectivity index (χ4v) is 3.26. The van der Waals surface area contributed by atoms with Gasteiger partial charge < -0.3 is 0 Å². The molecule has 0 aliphatic carbocycles. The zero-order valence-corrected chi connectivity index (χ0v) is 13.2. The zero-order chi connectivity index (χ0) is 14.6. The van der Waals surface area contributed by atoms with Crippen LogP contribution >= 0.6 is 0 Å². The highest BCUT2D eigenvalue weighted by atomic mass is 15.3. The van der Waals surface area contributed by atoms with Crippen LogP contribution in [0, 0.1) is 6.92 Å². The van der Waals surface area contributed by atoms with E-state index in [2.05, 4.69) is 55.4 Å². The molecule has 0 bridgehead atoms. The Hall–Kier alpha value is -0.900. The third-order valence-electron chi connectivity index (χ3n) is 4.91. The highest BCUT2D eigenvalue weighted by Crippen LogP contribution is 2.26. The van der Waals surface area contributed by atoms with Gasteiger partial charge in [-0.05, 0) is 64.3 Å². The summed E-state index contributed by atoms with van der Waals surface area (Å²) in [5.74, 6) is 5.89. The van der Waals surface area contributed by atoms with Crippen LogP contribution in [0.1, 0.15) is 44.2 Å². The number of nitrogens with one attached hydrogen (secondary N) is 1. The van der Waals surface area contributed by atoms with Crippen molar-refractivity contribution in [1.82, 2.24) is 10.3 Å². The average Bonchev–Trinajstić information content (AvgIpc) is 2.47. The van der Waals surface area contributed by atoms with Crippen LogP contribution in [0.4, 0.5) is 0 Å². The Labute approximate surface area is 123 Å². The Morgan fingerprint density at radius 2 is 1.85 bits per heavy atom. The molecule has 1 heterocycles. The van der Waals surface area contributed by atoms with Gasteiger partial charge in [0.15, 0.2) is 0 Å². The lowest BCUT2D eigenvalue weighted by Gasteiger charge is -2.46. The molecule has 1 aliphatic heterocycles. The van der Waals surface area contributed by atoms with Gasteiger partial charge in [-0.15, -0.1) is 0 Å². The first-order chi connectivity index (χ1) is 9.55. The maximum atomic E-state index is 5.89. The van der Waals surface area contributed by atoms with Crippen LogP contribution in [-0.2, 0) is 6.42 Å². The number of nitrogens with two attached hydrogens (primary N) is 1. The minimum atomic E-state index is 0.0808. The van der Waals surface area contributed by atoms with Gasteiger partial charge in [0.05, 0.1) is 0 Å². The number of benzene rings is 1. The second-order valence-electron chi connectivity index (χ2n) is 6.55. The Balaban J connectivity index is 2.12. The van der Waals surface area contributed by atoms with Gasteiger partial charge in [0.2, 0.25) is 0 Å². The van der Waals surface area contributed by atoms with Crippen LogP contribution in [0.2, 0.25) is 0 Å². The maximum Gasteiger partial charge on any atom is 0.0429 e. The number of hydrogen-bond donors (Lipinski definition) is 2. The van der Waals surface area contributed by atoms with Crippen LogP contribution in [0.3, 0.4) is 0 Å². The lowest BCUT2D eigenvalue weighted by Crippen LogP contribution is -2.61. The largest absolute Gasteiger partial charge is 0.297 e. The number of hydrogen-bond acceptors (Lipinski definition) is 3. The van der Waals surface area contributed by atoms with Crippen molar-refractivity contribution in [3.05, 3.63) is 35.4 Å². The Morgan fingerprint density at radius 3 is 2.45 bits per heavy atom. The number of likely N-dealkylation sites (tertiary alicyclic amines) is 1. The average molecular weight is 275 g/mol. The summed E-state index contributed by atoms with van der Waals surface area (Å²) in [5, 5.41) is 0. The van der Waals surface area contributed by atoms with Gasteiger partial charge in [0.25, 0.3) is 0 Å². The number of piperidine rings is 1. The molecule has 1 saturated heterocycles. The summed E-state index contributed by atoms with van der Waals surface area (Å²) in [7, 11) is 0. The SMILES string of the molecule is Cc1ccccc1CC(NN)C(C)(C)N1CCCCC1. The standard InChI is InChI=1S/C17H29N3/c1-14-9-5-6-10-15(14)13-16(19-18)17(2,3)20-11-7-4-8-12-20/h5-6,9-10,16,19H,4,7-8,11-13,18H2,1-3H3. The molecule has 0 aromatic heterocycles. The predicted molar refractivity (Wildman–Crippen MR) is 85.5 cm³/mol. The van der Waals surface area contributed by atoms with Gasteiger partial charge in [-0.2, -0.15) is 0 Å². The summed E-state index contributed by atoms with van der Waals surface area (Å²) < 4.78 is 0. The first-order valence-corrected chi connectivity index (χ1v) is 7.81. The molecule has 3 heteroatoms. The number of nitrogens with zero attached hydrogens (tertiary/aromatic N) is 1. The van der Waals surface area contributed by atoms with Crippen molar-refractivity contribution in [2.45, 2.75) is 58.0 Å². The monoisotopic (exact) mass is 275 g/mol. The summed E-state index contributed by atoms with van der Waals surface area (Å²) in [6, 6.07) is 8.87. The highest BCUT2D eigenvalue weighted by Gasteiger charge is 2.35. The van der Waals surface area contributed by atoms with E-state index in [0.717, 1.165) is 6.42 Å². The summed E-state index contributed by atoms with van der Waals surface area (Å²) in [6.45, 7) is 9.21. The highest BCUT2D eigenvalue weighted by molar-refractivity contribution is 5.27. The van der Waals surface area contributed by atoms with Crippen molar-refractivity contribution in [2.75, 3.05) is 13.1 Å². The molecule has 1 aromatic rings. The van der Waals surface area contributed by atoms with E-state index >= 15 is 0 Å². The van der Waals surface area contributed by atoms with Crippen molar-refractivity contribution in [2.24, 2.45) is 5.84 Å². The molecule has 3 nitrogen and oxygen atoms in total. The lowest BCUT2D eigenvalue weighted by atomic mass is 9.85. The molecule has 0 spiro atoms. The van der Waals surface area contributed by atoms with Gasteiger partial charge >= 0.3 is 0 Å². The quantitative estimate of drug-likeness (QED) is 0.641. The van der Waals surface area contributed by atoms with E-state index in [4.69, 9.17) is 5.84 Å². The third kappa shape index (κ3) is 3.40. The number of rotatable bonds is 5. The molecule has 0 amide bonds. The van der Waals surface area contributed by atoms with Gasteiger partial charge in [-0.3, -0.25) is 16.2 Å². The molecule has 112 valence electrons. The minimum absolute atomic E-state index is 0.0808. The van der Waals surface area contributed by atoms with Crippen molar-refractivity contribution >= 4 is 0 Å². The van der Waals surface area contributed by atoms with Crippen molar-refractivity contribution < 1.29 is 0 Å². The van der Waals surface area contributed by atoms with E-state index in [1.807, 2.05) is 0 Å². The van der Waals surface area contributed by atoms with Gasteiger partial charge in [0, 0.05) is 11.6 Å². The van der Waals surface area contributed by atoms with Crippen LogP contribution in [0.25, 0.3) is 0 Å². The summed E-state index contributed by atoms with van der Waals surface area (Å²) in [6.07, 6.45) is 4.97. The van der Waals surface area contributed by atoms with E-state index in [1.165, 1.54) is 43.5 Å². The predicted octanol–water partition coefficient (Wildman–Crippen LogP) is 2.63. The molecule has 20 heavy (non-hydrogen) atoms. The molecule has 1 aliphatic rings. The van der Waals surface area contributed by atoms with E-state index in [0.29, 0.717) is 0 Å². The first-order valence-electron chi connectivity index (χ1n) is 7.81. The molecule has 2 rings (SSSR count). The molecule has 1 aromatic carbocycles. The Morgan fingerprint density at radius 1 is 1.20 bits per heavy atom. The van der Waals surface area contributed by atoms with Crippen molar-refractivity contribution in [1.29, 1.82) is 0 Å². The molecule has 1 fully saturated rings. The normalized spacial score (nSPS) is 19.0. The maximum absolute atomic E-state index is 5.89. The zero-order valence-electron chi connectivity index (χ0n) is 13.2. The summed E-state index contributed by atoms with van der Waals surface area (Å²) in [4.78, 5) is 2.60. The second-order valence-corrected chi connectivity index (χ2v) is 6.55. The molecule has 0 radical (unpaired) electrons. The molecule has 1 atom stereocenters. The van der Waals surface area contributed by atoms with Crippen molar-refractivity contribution in [3.8, 4) is 0 Å². The van der Waals surface area contributed by atoms with Crippen molar-refractivity contribution in [3.63, 3.8) is 0 Å².